The smallest absolute Gasteiger partial charge is 0.185 e. The molecule has 1 heterocycles. The van der Waals surface area contributed by atoms with Crippen molar-refractivity contribution < 1.29 is 4.39 Å². The molecule has 3 rings (SSSR count). The highest BCUT2D eigenvalue weighted by Gasteiger charge is 2.14. The number of hydrogen-bond acceptors (Lipinski definition) is 4. The van der Waals surface area contributed by atoms with Gasteiger partial charge in [0, 0.05) is 0 Å². The molecule has 0 aliphatic carbocycles. The molecule has 0 N–H and O–H groups in total. The molecule has 0 aliphatic rings. The molecule has 0 saturated heterocycles. The Morgan fingerprint density at radius 1 is 1.10 bits per heavy atom. The van der Waals surface area contributed by atoms with Gasteiger partial charge < -0.3 is 0 Å². The van der Waals surface area contributed by atoms with Gasteiger partial charge in [0.2, 0.25) is 0 Å². The molecule has 0 radical (unpaired) electrons. The van der Waals surface area contributed by atoms with E-state index in [0.29, 0.717) is 23.5 Å². The zero-order valence-corrected chi connectivity index (χ0v) is 10.9. The fourth-order valence-electron chi connectivity index (χ4n) is 2.08. The van der Waals surface area contributed by atoms with Gasteiger partial charge in [-0.25, -0.2) is 9.07 Å². The summed E-state index contributed by atoms with van der Waals surface area (Å²) in [6.45, 7) is 0.306. The van der Waals surface area contributed by atoms with Gasteiger partial charge in [-0.3, -0.25) is 0 Å². The molecule has 1 aromatic heterocycles. The molecular formula is C15H10FN5. The third-order valence-electron chi connectivity index (χ3n) is 3.10. The highest BCUT2D eigenvalue weighted by atomic mass is 19.1. The third-order valence-corrected chi connectivity index (χ3v) is 3.10. The number of aromatic nitrogens is 4. The summed E-state index contributed by atoms with van der Waals surface area (Å²) >= 11 is 0. The number of tetrazole rings is 1. The second-order valence-corrected chi connectivity index (χ2v) is 4.41. The Morgan fingerprint density at radius 3 is 2.67 bits per heavy atom. The lowest BCUT2D eigenvalue weighted by Gasteiger charge is -2.06. The van der Waals surface area contributed by atoms with Crippen LogP contribution >= 0.6 is 0 Å². The van der Waals surface area contributed by atoms with E-state index in [9.17, 15) is 4.39 Å². The van der Waals surface area contributed by atoms with Crippen LogP contribution in [0.25, 0.3) is 11.4 Å². The number of halogens is 1. The van der Waals surface area contributed by atoms with Crippen LogP contribution in [0.3, 0.4) is 0 Å². The zero-order chi connectivity index (χ0) is 14.7. The minimum absolute atomic E-state index is 0.306. The summed E-state index contributed by atoms with van der Waals surface area (Å²) < 4.78 is 15.3. The molecule has 0 unspecified atom stereocenters. The zero-order valence-electron chi connectivity index (χ0n) is 10.9. The van der Waals surface area contributed by atoms with Crippen LogP contribution in [-0.4, -0.2) is 20.2 Å². The van der Waals surface area contributed by atoms with E-state index in [4.69, 9.17) is 5.26 Å². The molecule has 0 amide bonds. The Kier molecular flexibility index (Phi) is 3.39. The summed E-state index contributed by atoms with van der Waals surface area (Å²) in [6.07, 6.45) is 0. The van der Waals surface area contributed by atoms with Crippen molar-refractivity contribution in [1.29, 1.82) is 5.26 Å². The Morgan fingerprint density at radius 2 is 1.86 bits per heavy atom. The van der Waals surface area contributed by atoms with Gasteiger partial charge in [0.05, 0.1) is 23.7 Å². The van der Waals surface area contributed by atoms with Crippen molar-refractivity contribution >= 4 is 0 Å². The maximum absolute atomic E-state index is 13.9. The molecule has 0 spiro atoms. The summed E-state index contributed by atoms with van der Waals surface area (Å²) in [5, 5.41) is 20.5. The molecule has 0 saturated carbocycles. The number of benzene rings is 2. The molecule has 3 aromatic rings. The van der Waals surface area contributed by atoms with E-state index in [-0.39, 0.29) is 5.82 Å². The van der Waals surface area contributed by atoms with E-state index in [1.165, 1.54) is 10.7 Å². The van der Waals surface area contributed by atoms with Crippen molar-refractivity contribution in [1.82, 2.24) is 20.2 Å². The Hall–Kier alpha value is -3.07. The van der Waals surface area contributed by atoms with Crippen molar-refractivity contribution in [2.45, 2.75) is 6.54 Å². The SMILES string of the molecule is N#Cc1ccccc1Cn1nnnc1-c1ccccc1F. The number of hydrogen-bond donors (Lipinski definition) is 0. The highest BCUT2D eigenvalue weighted by molar-refractivity contribution is 5.55. The van der Waals surface area contributed by atoms with Crippen molar-refractivity contribution in [3.8, 4) is 17.5 Å². The van der Waals surface area contributed by atoms with Crippen LogP contribution in [0, 0.1) is 17.1 Å². The minimum Gasteiger partial charge on any atom is -0.221 e. The maximum atomic E-state index is 13.9. The predicted octanol–water partition coefficient (Wildman–Crippen LogP) is 2.40. The first-order chi connectivity index (χ1) is 10.3. The molecule has 102 valence electrons. The van der Waals surface area contributed by atoms with Crippen LogP contribution in [0.2, 0.25) is 0 Å². The fraction of sp³-hybridized carbons (Fsp3) is 0.0667. The number of nitriles is 1. The molecule has 6 heteroatoms. The first-order valence-electron chi connectivity index (χ1n) is 6.28. The van der Waals surface area contributed by atoms with Crippen molar-refractivity contribution in [3.05, 3.63) is 65.5 Å². The Bertz CT molecular complexity index is 819. The van der Waals surface area contributed by atoms with Gasteiger partial charge in [-0.1, -0.05) is 30.3 Å². The summed E-state index contributed by atoms with van der Waals surface area (Å²) in [4.78, 5) is 0. The van der Waals surface area contributed by atoms with Crippen LogP contribution in [0.1, 0.15) is 11.1 Å². The van der Waals surface area contributed by atoms with Gasteiger partial charge in [-0.05, 0) is 34.2 Å². The summed E-state index contributed by atoms with van der Waals surface area (Å²) in [5.74, 6) is -0.0528. The van der Waals surface area contributed by atoms with E-state index in [1.807, 2.05) is 12.1 Å². The molecule has 5 nitrogen and oxygen atoms in total. The van der Waals surface area contributed by atoms with Crippen molar-refractivity contribution in [3.63, 3.8) is 0 Å². The molecular weight excluding hydrogens is 269 g/mol. The van der Waals surface area contributed by atoms with E-state index >= 15 is 0 Å². The molecule has 21 heavy (non-hydrogen) atoms. The minimum atomic E-state index is -0.387. The first kappa shape index (κ1) is 12.9. The average Bonchev–Trinajstić information content (AvgIpc) is 2.96. The van der Waals surface area contributed by atoms with Gasteiger partial charge in [0.15, 0.2) is 5.82 Å². The monoisotopic (exact) mass is 279 g/mol. The molecule has 0 bridgehead atoms. The van der Waals surface area contributed by atoms with Crippen molar-refractivity contribution in [2.75, 3.05) is 0 Å². The summed E-state index contributed by atoms with van der Waals surface area (Å²) in [5.41, 5.74) is 1.66. The van der Waals surface area contributed by atoms with Crippen LogP contribution in [0.4, 0.5) is 4.39 Å². The van der Waals surface area contributed by atoms with Crippen molar-refractivity contribution in [2.24, 2.45) is 0 Å². The van der Waals surface area contributed by atoms with Crippen LogP contribution in [0.5, 0.6) is 0 Å². The second kappa shape index (κ2) is 5.51. The predicted molar refractivity (Wildman–Crippen MR) is 73.5 cm³/mol. The lowest BCUT2D eigenvalue weighted by molar-refractivity contribution is 0.620. The summed E-state index contributed by atoms with van der Waals surface area (Å²) in [6, 6.07) is 15.6. The largest absolute Gasteiger partial charge is 0.221 e. The van der Waals surface area contributed by atoms with Crippen LogP contribution in [0.15, 0.2) is 48.5 Å². The van der Waals surface area contributed by atoms with Gasteiger partial charge in [0.25, 0.3) is 0 Å². The van der Waals surface area contributed by atoms with E-state index in [0.717, 1.165) is 5.56 Å². The molecule has 0 aliphatic heterocycles. The Balaban J connectivity index is 2.01. The van der Waals surface area contributed by atoms with Crippen LogP contribution in [-0.2, 0) is 6.54 Å². The molecule has 0 fully saturated rings. The molecule has 2 aromatic carbocycles. The average molecular weight is 279 g/mol. The number of nitrogens with zero attached hydrogens (tertiary/aromatic N) is 5. The van der Waals surface area contributed by atoms with E-state index in [1.54, 1.807) is 30.3 Å². The molecule has 0 atom stereocenters. The lowest BCUT2D eigenvalue weighted by Crippen LogP contribution is -2.06. The maximum Gasteiger partial charge on any atom is 0.185 e. The Labute approximate surface area is 120 Å². The van der Waals surface area contributed by atoms with Crippen LogP contribution < -0.4 is 0 Å². The van der Waals surface area contributed by atoms with Gasteiger partial charge in [0.1, 0.15) is 5.82 Å². The highest BCUT2D eigenvalue weighted by Crippen LogP contribution is 2.20. The standard InChI is InChI=1S/C15H10FN5/c16-14-8-4-3-7-13(14)15-18-19-20-21(15)10-12-6-2-1-5-11(12)9-17/h1-8H,10H2. The number of rotatable bonds is 3. The lowest BCUT2D eigenvalue weighted by atomic mass is 10.1. The summed E-state index contributed by atoms with van der Waals surface area (Å²) in [7, 11) is 0. The van der Waals surface area contributed by atoms with E-state index in [2.05, 4.69) is 21.6 Å². The van der Waals surface area contributed by atoms with Gasteiger partial charge >= 0.3 is 0 Å². The van der Waals surface area contributed by atoms with Gasteiger partial charge in [-0.2, -0.15) is 5.26 Å². The van der Waals surface area contributed by atoms with E-state index < -0.39 is 0 Å². The third kappa shape index (κ3) is 2.49. The first-order valence-corrected chi connectivity index (χ1v) is 6.28. The van der Waals surface area contributed by atoms with Gasteiger partial charge in [-0.15, -0.1) is 5.10 Å². The fourth-order valence-corrected chi connectivity index (χ4v) is 2.08. The second-order valence-electron chi connectivity index (χ2n) is 4.41. The normalized spacial score (nSPS) is 10.3. The topological polar surface area (TPSA) is 67.4 Å². The quantitative estimate of drug-likeness (QED) is 0.738.